The number of nitrogens with one attached hydrogen (secondary N) is 1. The Morgan fingerprint density at radius 1 is 1.25 bits per heavy atom. The first-order valence-electron chi connectivity index (χ1n) is 8.24. The highest BCUT2D eigenvalue weighted by atomic mass is 15.2. The lowest BCUT2D eigenvalue weighted by atomic mass is 9.93. The van der Waals surface area contributed by atoms with Crippen molar-refractivity contribution in [2.75, 3.05) is 0 Å². The molecule has 1 aliphatic carbocycles. The molecular weight excluding hydrogens is 244 g/mol. The largest absolute Gasteiger partial charge is 0.271 e. The van der Waals surface area contributed by atoms with E-state index in [-0.39, 0.29) is 0 Å². The summed E-state index contributed by atoms with van der Waals surface area (Å²) in [6.07, 6.45) is 9.31. The summed E-state index contributed by atoms with van der Waals surface area (Å²) in [5.74, 6) is 7.43. The van der Waals surface area contributed by atoms with Crippen molar-refractivity contribution in [3.63, 3.8) is 0 Å². The maximum absolute atomic E-state index is 5.79. The van der Waals surface area contributed by atoms with E-state index in [1.54, 1.807) is 0 Å². The lowest BCUT2D eigenvalue weighted by Crippen LogP contribution is -2.28. The first-order valence-corrected chi connectivity index (χ1v) is 8.24. The molecule has 1 unspecified atom stereocenters. The average Bonchev–Trinajstić information content (AvgIpc) is 2.92. The topological polar surface area (TPSA) is 38.0 Å². The molecule has 0 radical (unpaired) electrons. The van der Waals surface area contributed by atoms with Gasteiger partial charge in [0.05, 0.1) is 0 Å². The van der Waals surface area contributed by atoms with Gasteiger partial charge in [0.15, 0.2) is 0 Å². The Bertz CT molecular complexity index is 394. The first kappa shape index (κ1) is 15.5. The zero-order valence-electron chi connectivity index (χ0n) is 13.1. The summed E-state index contributed by atoms with van der Waals surface area (Å²) in [6, 6.07) is 9.26. The fourth-order valence-corrected chi connectivity index (χ4v) is 3.46. The van der Waals surface area contributed by atoms with Gasteiger partial charge >= 0.3 is 0 Å². The molecule has 0 amide bonds. The van der Waals surface area contributed by atoms with Crippen LogP contribution in [0.3, 0.4) is 0 Å². The molecule has 1 aromatic carbocycles. The van der Waals surface area contributed by atoms with Crippen molar-refractivity contribution in [3.05, 3.63) is 35.4 Å². The third-order valence-corrected chi connectivity index (χ3v) is 4.54. The number of hydrazine groups is 1. The van der Waals surface area contributed by atoms with Gasteiger partial charge in [-0.2, -0.15) is 0 Å². The maximum Gasteiger partial charge on any atom is 0.0460 e. The van der Waals surface area contributed by atoms with Crippen LogP contribution in [0.25, 0.3) is 0 Å². The van der Waals surface area contributed by atoms with Crippen LogP contribution < -0.4 is 11.3 Å². The monoisotopic (exact) mass is 274 g/mol. The van der Waals surface area contributed by atoms with Gasteiger partial charge in [-0.1, -0.05) is 63.8 Å². The highest BCUT2D eigenvalue weighted by molar-refractivity contribution is 5.26. The normalized spacial score (nSPS) is 17.8. The Morgan fingerprint density at radius 3 is 2.65 bits per heavy atom. The molecule has 2 rings (SSSR count). The second-order valence-electron chi connectivity index (χ2n) is 6.79. The molecule has 1 aromatic rings. The van der Waals surface area contributed by atoms with Gasteiger partial charge < -0.3 is 0 Å². The van der Waals surface area contributed by atoms with Crippen LogP contribution in [0.15, 0.2) is 24.3 Å². The minimum Gasteiger partial charge on any atom is -0.271 e. The van der Waals surface area contributed by atoms with Crippen molar-refractivity contribution in [2.45, 2.75) is 64.8 Å². The highest BCUT2D eigenvalue weighted by Crippen LogP contribution is 2.31. The van der Waals surface area contributed by atoms with Crippen LogP contribution in [0, 0.1) is 11.8 Å². The minimum atomic E-state index is 0.308. The van der Waals surface area contributed by atoms with Crippen molar-refractivity contribution in [1.29, 1.82) is 0 Å². The fraction of sp³-hybridized carbons (Fsp3) is 0.667. The van der Waals surface area contributed by atoms with Crippen LogP contribution in [-0.4, -0.2) is 0 Å². The Labute approximate surface area is 124 Å². The lowest BCUT2D eigenvalue weighted by Gasteiger charge is -2.19. The van der Waals surface area contributed by atoms with Crippen LogP contribution in [0.1, 0.15) is 69.5 Å². The summed E-state index contributed by atoms with van der Waals surface area (Å²) in [5, 5.41) is 0. The van der Waals surface area contributed by atoms with E-state index in [1.165, 1.54) is 43.2 Å². The highest BCUT2D eigenvalue weighted by Gasteiger charge is 2.18. The molecule has 1 atom stereocenters. The second kappa shape index (κ2) is 7.80. The van der Waals surface area contributed by atoms with Crippen LogP contribution in [0.4, 0.5) is 0 Å². The number of hydrogen-bond donors (Lipinski definition) is 2. The molecule has 20 heavy (non-hydrogen) atoms. The molecule has 0 heterocycles. The predicted molar refractivity (Wildman–Crippen MR) is 86.2 cm³/mol. The average molecular weight is 274 g/mol. The molecule has 112 valence electrons. The van der Waals surface area contributed by atoms with Crippen LogP contribution in [0.5, 0.6) is 0 Å². The van der Waals surface area contributed by atoms with Crippen molar-refractivity contribution in [2.24, 2.45) is 17.7 Å². The first-order chi connectivity index (χ1) is 9.69. The van der Waals surface area contributed by atoms with Gasteiger partial charge in [-0.25, -0.2) is 0 Å². The van der Waals surface area contributed by atoms with Gasteiger partial charge in [-0.3, -0.25) is 11.3 Å². The van der Waals surface area contributed by atoms with E-state index in [0.717, 1.165) is 18.8 Å². The molecule has 0 saturated heterocycles. The number of rotatable bonds is 7. The van der Waals surface area contributed by atoms with E-state index < -0.39 is 0 Å². The summed E-state index contributed by atoms with van der Waals surface area (Å²) in [5.41, 5.74) is 5.80. The summed E-state index contributed by atoms with van der Waals surface area (Å²) in [4.78, 5) is 0. The minimum absolute atomic E-state index is 0.308. The van der Waals surface area contributed by atoms with E-state index in [4.69, 9.17) is 5.84 Å². The SMILES string of the molecule is CC(C)Cc1cccc(C(CCC2CCCC2)NN)c1. The summed E-state index contributed by atoms with van der Waals surface area (Å²) < 4.78 is 0. The number of hydrogen-bond acceptors (Lipinski definition) is 2. The Morgan fingerprint density at radius 2 is 2.00 bits per heavy atom. The number of nitrogens with two attached hydrogens (primary N) is 1. The molecule has 3 N–H and O–H groups in total. The molecule has 0 aromatic heterocycles. The Hall–Kier alpha value is -0.860. The molecule has 1 saturated carbocycles. The maximum atomic E-state index is 5.79. The van der Waals surface area contributed by atoms with Crippen LogP contribution in [-0.2, 0) is 6.42 Å². The molecule has 0 spiro atoms. The zero-order chi connectivity index (χ0) is 14.4. The molecule has 2 heteroatoms. The van der Waals surface area contributed by atoms with Crippen LogP contribution >= 0.6 is 0 Å². The number of benzene rings is 1. The zero-order valence-corrected chi connectivity index (χ0v) is 13.1. The molecule has 1 fully saturated rings. The molecule has 2 nitrogen and oxygen atoms in total. The third kappa shape index (κ3) is 4.60. The smallest absolute Gasteiger partial charge is 0.0460 e. The molecule has 1 aliphatic rings. The summed E-state index contributed by atoms with van der Waals surface area (Å²) >= 11 is 0. The van der Waals surface area contributed by atoms with E-state index in [9.17, 15) is 0 Å². The Kier molecular flexibility index (Phi) is 6.06. The molecular formula is C18H30N2. The van der Waals surface area contributed by atoms with Gasteiger partial charge in [0.2, 0.25) is 0 Å². The van der Waals surface area contributed by atoms with Crippen LogP contribution in [0.2, 0.25) is 0 Å². The van der Waals surface area contributed by atoms with Crippen molar-refractivity contribution in [3.8, 4) is 0 Å². The van der Waals surface area contributed by atoms with Gasteiger partial charge in [-0.15, -0.1) is 0 Å². The lowest BCUT2D eigenvalue weighted by molar-refractivity contribution is 0.416. The molecule has 0 aliphatic heterocycles. The summed E-state index contributed by atoms with van der Waals surface area (Å²) in [6.45, 7) is 4.54. The Balaban J connectivity index is 1.95. The quantitative estimate of drug-likeness (QED) is 0.572. The standard InChI is InChI=1S/C18H30N2/c1-14(2)12-16-8-5-9-17(13-16)18(20-19)11-10-15-6-3-4-7-15/h5,8-9,13-15,18,20H,3-4,6-7,10-12,19H2,1-2H3. The molecule has 0 bridgehead atoms. The predicted octanol–water partition coefficient (Wildman–Crippen LogP) is 4.36. The van der Waals surface area contributed by atoms with Crippen molar-refractivity contribution >= 4 is 0 Å². The van der Waals surface area contributed by atoms with Gasteiger partial charge in [0.1, 0.15) is 0 Å². The fourth-order valence-electron chi connectivity index (χ4n) is 3.46. The second-order valence-corrected chi connectivity index (χ2v) is 6.79. The van der Waals surface area contributed by atoms with Gasteiger partial charge in [-0.05, 0) is 42.2 Å². The third-order valence-electron chi connectivity index (χ3n) is 4.54. The van der Waals surface area contributed by atoms with E-state index in [0.29, 0.717) is 12.0 Å². The van der Waals surface area contributed by atoms with Crippen molar-refractivity contribution < 1.29 is 0 Å². The summed E-state index contributed by atoms with van der Waals surface area (Å²) in [7, 11) is 0. The van der Waals surface area contributed by atoms with E-state index in [2.05, 4.69) is 43.5 Å². The van der Waals surface area contributed by atoms with Crippen molar-refractivity contribution in [1.82, 2.24) is 5.43 Å². The van der Waals surface area contributed by atoms with Gasteiger partial charge in [0.25, 0.3) is 0 Å². The van der Waals surface area contributed by atoms with Gasteiger partial charge in [0, 0.05) is 6.04 Å². The van der Waals surface area contributed by atoms with E-state index >= 15 is 0 Å². The van der Waals surface area contributed by atoms with E-state index in [1.807, 2.05) is 0 Å².